The Morgan fingerprint density at radius 2 is 2.50 bits per heavy atom. The quantitative estimate of drug-likeness (QED) is 0.887. The predicted octanol–water partition coefficient (Wildman–Crippen LogP) is 1.66. The van der Waals surface area contributed by atoms with Crippen molar-refractivity contribution in [3.63, 3.8) is 0 Å². The summed E-state index contributed by atoms with van der Waals surface area (Å²) in [6.45, 7) is 0.817. The molecule has 3 heterocycles. The maximum Gasteiger partial charge on any atom is 0.274 e. The Hall–Kier alpha value is -2.13. The lowest BCUT2D eigenvalue weighted by Gasteiger charge is -2.03. The van der Waals surface area contributed by atoms with Crippen LogP contribution >= 0.6 is 0 Å². The number of ether oxygens (including phenoxy) is 1. The summed E-state index contributed by atoms with van der Waals surface area (Å²) in [5.74, 6) is 1.05. The standard InChI is InChI=1S/C12H12N4O2/c13-6-8-4-10(14-7-8)12-15-11(16-18-12)5-9-2-1-3-17-9/h4,7,9,14H,1-3,5H2. The first-order valence-electron chi connectivity index (χ1n) is 5.88. The molecule has 2 aromatic heterocycles. The van der Waals surface area contributed by atoms with E-state index in [9.17, 15) is 0 Å². The van der Waals surface area contributed by atoms with Crippen molar-refractivity contribution < 1.29 is 9.26 Å². The maximum absolute atomic E-state index is 8.74. The molecule has 0 aromatic carbocycles. The number of nitrogens with one attached hydrogen (secondary N) is 1. The largest absolute Gasteiger partial charge is 0.378 e. The van der Waals surface area contributed by atoms with E-state index in [-0.39, 0.29) is 6.10 Å². The molecule has 1 N–H and O–H groups in total. The van der Waals surface area contributed by atoms with Gasteiger partial charge in [0, 0.05) is 19.2 Å². The Bertz CT molecular complexity index is 575. The number of rotatable bonds is 3. The summed E-state index contributed by atoms with van der Waals surface area (Å²) < 4.78 is 10.7. The van der Waals surface area contributed by atoms with Gasteiger partial charge in [0.15, 0.2) is 5.82 Å². The fourth-order valence-electron chi connectivity index (χ4n) is 2.04. The molecule has 1 unspecified atom stereocenters. The van der Waals surface area contributed by atoms with E-state index < -0.39 is 0 Å². The Balaban J connectivity index is 1.74. The highest BCUT2D eigenvalue weighted by Crippen LogP contribution is 2.19. The molecule has 1 aliphatic rings. The third-order valence-electron chi connectivity index (χ3n) is 2.94. The van der Waals surface area contributed by atoms with Crippen LogP contribution < -0.4 is 0 Å². The first-order valence-corrected chi connectivity index (χ1v) is 5.88. The highest BCUT2D eigenvalue weighted by molar-refractivity contribution is 5.51. The van der Waals surface area contributed by atoms with Gasteiger partial charge in [0.05, 0.1) is 11.7 Å². The first kappa shape index (κ1) is 11.0. The molecule has 1 atom stereocenters. The summed E-state index contributed by atoms with van der Waals surface area (Å²) in [4.78, 5) is 7.22. The Kier molecular flexibility index (Phi) is 2.82. The van der Waals surface area contributed by atoms with Crippen molar-refractivity contribution in [2.75, 3.05) is 6.61 Å². The van der Waals surface area contributed by atoms with Crippen molar-refractivity contribution in [2.24, 2.45) is 0 Å². The molecule has 92 valence electrons. The second-order valence-electron chi connectivity index (χ2n) is 4.27. The van der Waals surface area contributed by atoms with Crippen LogP contribution in [0.1, 0.15) is 24.2 Å². The molecule has 0 amide bonds. The fourth-order valence-corrected chi connectivity index (χ4v) is 2.04. The topological polar surface area (TPSA) is 87.7 Å². The summed E-state index contributed by atoms with van der Waals surface area (Å²) in [7, 11) is 0. The maximum atomic E-state index is 8.74. The number of hydrogen-bond donors (Lipinski definition) is 1. The molecule has 0 saturated carbocycles. The number of H-pyrrole nitrogens is 1. The summed E-state index contributed by atoms with van der Waals surface area (Å²) in [5, 5.41) is 12.7. The van der Waals surface area contributed by atoms with Crippen LogP contribution in [0.25, 0.3) is 11.6 Å². The third-order valence-corrected chi connectivity index (χ3v) is 2.94. The molecule has 1 fully saturated rings. The lowest BCUT2D eigenvalue weighted by Crippen LogP contribution is -2.09. The summed E-state index contributed by atoms with van der Waals surface area (Å²) in [5.41, 5.74) is 1.21. The molecule has 0 radical (unpaired) electrons. The van der Waals surface area contributed by atoms with Gasteiger partial charge in [-0.3, -0.25) is 0 Å². The van der Waals surface area contributed by atoms with Crippen LogP contribution in [0.15, 0.2) is 16.8 Å². The van der Waals surface area contributed by atoms with E-state index in [2.05, 4.69) is 15.1 Å². The number of aromatic amines is 1. The van der Waals surface area contributed by atoms with Crippen LogP contribution in [0.5, 0.6) is 0 Å². The van der Waals surface area contributed by atoms with Gasteiger partial charge in [-0.05, 0) is 18.9 Å². The van der Waals surface area contributed by atoms with E-state index in [4.69, 9.17) is 14.5 Å². The molecule has 1 saturated heterocycles. The average Bonchev–Trinajstić information content (AvgIpc) is 3.09. The summed E-state index contributed by atoms with van der Waals surface area (Å²) >= 11 is 0. The number of hydrogen-bond acceptors (Lipinski definition) is 5. The third kappa shape index (κ3) is 2.13. The minimum Gasteiger partial charge on any atom is -0.378 e. The van der Waals surface area contributed by atoms with E-state index in [0.717, 1.165) is 19.4 Å². The highest BCUT2D eigenvalue weighted by atomic mass is 16.5. The minimum atomic E-state index is 0.203. The molecule has 3 rings (SSSR count). The predicted molar refractivity (Wildman–Crippen MR) is 61.5 cm³/mol. The van der Waals surface area contributed by atoms with E-state index in [1.165, 1.54) is 0 Å². The minimum absolute atomic E-state index is 0.203. The molecule has 6 nitrogen and oxygen atoms in total. The summed E-state index contributed by atoms with van der Waals surface area (Å²) in [6.07, 6.45) is 4.63. The zero-order valence-electron chi connectivity index (χ0n) is 9.72. The molecule has 0 aliphatic carbocycles. The molecule has 0 spiro atoms. The van der Waals surface area contributed by atoms with Crippen molar-refractivity contribution >= 4 is 0 Å². The van der Waals surface area contributed by atoms with Crippen LogP contribution in [0.4, 0.5) is 0 Å². The van der Waals surface area contributed by atoms with Gasteiger partial charge in [-0.25, -0.2) is 0 Å². The second kappa shape index (κ2) is 4.63. The molecule has 2 aromatic rings. The zero-order valence-corrected chi connectivity index (χ0v) is 9.72. The van der Waals surface area contributed by atoms with Crippen LogP contribution in [-0.4, -0.2) is 27.8 Å². The number of aromatic nitrogens is 3. The Morgan fingerprint density at radius 3 is 3.22 bits per heavy atom. The second-order valence-corrected chi connectivity index (χ2v) is 4.27. The molecular weight excluding hydrogens is 232 g/mol. The fraction of sp³-hybridized carbons (Fsp3) is 0.417. The van der Waals surface area contributed by atoms with Crippen molar-refractivity contribution in [2.45, 2.75) is 25.4 Å². The van der Waals surface area contributed by atoms with Crippen molar-refractivity contribution in [3.05, 3.63) is 23.7 Å². The molecule has 0 bridgehead atoms. The summed E-state index contributed by atoms with van der Waals surface area (Å²) in [6, 6.07) is 3.73. The number of nitriles is 1. The van der Waals surface area contributed by atoms with Crippen molar-refractivity contribution in [1.29, 1.82) is 5.26 Å². The smallest absolute Gasteiger partial charge is 0.274 e. The first-order chi connectivity index (χ1) is 8.85. The number of nitrogens with zero attached hydrogens (tertiary/aromatic N) is 3. The van der Waals surface area contributed by atoms with Gasteiger partial charge < -0.3 is 14.2 Å². The van der Waals surface area contributed by atoms with Crippen LogP contribution in [0, 0.1) is 11.3 Å². The van der Waals surface area contributed by atoms with Gasteiger partial charge >= 0.3 is 0 Å². The van der Waals surface area contributed by atoms with Gasteiger partial charge in [-0.15, -0.1) is 0 Å². The Morgan fingerprint density at radius 1 is 1.56 bits per heavy atom. The van der Waals surface area contributed by atoms with Gasteiger partial charge in [-0.1, -0.05) is 5.16 Å². The lowest BCUT2D eigenvalue weighted by molar-refractivity contribution is 0.109. The molecule has 18 heavy (non-hydrogen) atoms. The molecule has 6 heteroatoms. The van der Waals surface area contributed by atoms with Crippen LogP contribution in [0.2, 0.25) is 0 Å². The van der Waals surface area contributed by atoms with Crippen LogP contribution in [-0.2, 0) is 11.2 Å². The zero-order chi connectivity index (χ0) is 12.4. The van der Waals surface area contributed by atoms with Crippen LogP contribution in [0.3, 0.4) is 0 Å². The average molecular weight is 244 g/mol. The highest BCUT2D eigenvalue weighted by Gasteiger charge is 2.19. The van der Waals surface area contributed by atoms with Crippen molar-refractivity contribution in [1.82, 2.24) is 15.1 Å². The lowest BCUT2D eigenvalue weighted by atomic mass is 10.2. The molecule has 1 aliphatic heterocycles. The monoisotopic (exact) mass is 244 g/mol. The van der Waals surface area contributed by atoms with Gasteiger partial charge in [0.2, 0.25) is 0 Å². The van der Waals surface area contributed by atoms with Gasteiger partial charge in [0.1, 0.15) is 11.8 Å². The normalized spacial score (nSPS) is 18.9. The van der Waals surface area contributed by atoms with Gasteiger partial charge in [0.25, 0.3) is 5.89 Å². The van der Waals surface area contributed by atoms with E-state index >= 15 is 0 Å². The van der Waals surface area contributed by atoms with E-state index in [1.807, 2.05) is 6.07 Å². The SMILES string of the molecule is N#Cc1c[nH]c(-c2nc(CC3CCCO3)no2)c1. The Labute approximate surface area is 104 Å². The van der Waals surface area contributed by atoms with Crippen molar-refractivity contribution in [3.8, 4) is 17.7 Å². The van der Waals surface area contributed by atoms with Gasteiger partial charge in [-0.2, -0.15) is 10.2 Å². The van der Waals surface area contributed by atoms with E-state index in [1.54, 1.807) is 12.3 Å². The molecular formula is C12H12N4O2. The van der Waals surface area contributed by atoms with E-state index in [0.29, 0.717) is 29.4 Å².